The first-order valence-electron chi connectivity index (χ1n) is 0.928. The van der Waals surface area contributed by atoms with Crippen LogP contribution in [0.1, 0.15) is 6.92 Å². The van der Waals surface area contributed by atoms with Crippen molar-refractivity contribution in [3.05, 3.63) is 0 Å². The minimum absolute atomic E-state index is 0. The van der Waals surface area contributed by atoms with E-state index in [-0.39, 0.29) is 29.6 Å². The summed E-state index contributed by atoms with van der Waals surface area (Å²) in [6, 6.07) is 0. The van der Waals surface area contributed by atoms with Crippen molar-refractivity contribution < 1.29 is 9.90 Å². The van der Waals surface area contributed by atoms with Gasteiger partial charge in [0.1, 0.15) is 0 Å². The fraction of sp³-hybridized carbons (Fsp3) is 0.500. The molecule has 0 saturated carbocycles. The fourth-order valence-corrected chi connectivity index (χ4v) is 0. The summed E-state index contributed by atoms with van der Waals surface area (Å²) in [4.78, 5) is 9.00. The van der Waals surface area contributed by atoms with Crippen molar-refractivity contribution in [2.24, 2.45) is 0 Å². The quantitative estimate of drug-likeness (QED) is 0.399. The molecule has 0 aromatic rings. The fourth-order valence-electron chi connectivity index (χ4n) is 0. The number of hydrogen-bond acceptors (Lipinski definition) is 1. The summed E-state index contributed by atoms with van der Waals surface area (Å²) in [5, 5.41) is 7.42. The summed E-state index contributed by atoms with van der Waals surface area (Å²) in [6.07, 6.45) is 0. The second-order valence-electron chi connectivity index (χ2n) is 0.519. The molecule has 0 radical (unpaired) electrons. The monoisotopic (exact) mass is 84.0 g/mol. The second kappa shape index (κ2) is 4.47. The molecule has 0 aliphatic heterocycles. The van der Waals surface area contributed by atoms with Crippen molar-refractivity contribution in [2.75, 3.05) is 0 Å². The van der Waals surface area contributed by atoms with Crippen LogP contribution >= 0.6 is 0 Å². The van der Waals surface area contributed by atoms with Gasteiger partial charge in [-0.15, -0.1) is 0 Å². The number of carboxylic acid groups (broad SMARTS) is 1. The van der Waals surface area contributed by atoms with Gasteiger partial charge < -0.3 is 5.11 Å². The molecular weight excluding hydrogens is 79.0 g/mol. The summed E-state index contributed by atoms with van der Waals surface area (Å²) in [6.45, 7) is 1.08. The van der Waals surface area contributed by atoms with Crippen molar-refractivity contribution in [2.45, 2.75) is 6.92 Å². The van der Waals surface area contributed by atoms with E-state index in [1.165, 1.54) is 0 Å². The molecule has 0 bridgehead atoms. The van der Waals surface area contributed by atoms with Gasteiger partial charge in [-0.2, -0.15) is 0 Å². The second-order valence-corrected chi connectivity index (χ2v) is 0.519. The van der Waals surface area contributed by atoms with E-state index in [0.717, 1.165) is 6.92 Å². The molecule has 0 fully saturated rings. The summed E-state index contributed by atoms with van der Waals surface area (Å²) < 4.78 is 0. The molecule has 0 heterocycles. The molecule has 0 unspecified atom stereocenters. The van der Waals surface area contributed by atoms with Gasteiger partial charge in [0.15, 0.2) is 0 Å². The predicted octanol–water partition coefficient (Wildman–Crippen LogP) is -0.558. The van der Waals surface area contributed by atoms with Gasteiger partial charge in [-0.05, 0) is 0 Å². The number of aliphatic carboxylic acids is 1. The van der Waals surface area contributed by atoms with Crippen molar-refractivity contribution in [1.82, 2.24) is 0 Å². The molecule has 0 spiro atoms. The molecule has 3 heteroatoms. The van der Waals surface area contributed by atoms with Crippen LogP contribution in [-0.4, -0.2) is 40.6 Å². The van der Waals surface area contributed by atoms with Crippen molar-refractivity contribution in [1.29, 1.82) is 0 Å². The molecule has 0 aliphatic carbocycles. The number of hydrogen-bond donors (Lipinski definition) is 1. The summed E-state index contributed by atoms with van der Waals surface area (Å²) >= 11 is 0. The van der Waals surface area contributed by atoms with Crippen LogP contribution in [0.25, 0.3) is 0 Å². The predicted molar refractivity (Wildman–Crippen MR) is 20.5 cm³/mol. The Morgan fingerprint density at radius 1 is 1.80 bits per heavy atom. The van der Waals surface area contributed by atoms with Gasteiger partial charge in [-0.3, -0.25) is 4.79 Å². The maximum atomic E-state index is 9.00. The molecule has 0 aliphatic rings. The first-order chi connectivity index (χ1) is 1.73. The summed E-state index contributed by atoms with van der Waals surface area (Å²) in [7, 11) is 0. The number of carbonyl (C=O) groups is 1. The Bertz CT molecular complexity index is 30.6. The first kappa shape index (κ1) is 9.08. The van der Waals surface area contributed by atoms with E-state index in [4.69, 9.17) is 9.90 Å². The molecule has 0 aromatic heterocycles. The molecular formula is C2H5NaO2. The average molecular weight is 84.0 g/mol. The summed E-state index contributed by atoms with van der Waals surface area (Å²) in [5.74, 6) is -0.833. The Hall–Kier alpha value is 0.470. The zero-order valence-electron chi connectivity index (χ0n) is 2.36. The SMILES string of the molecule is CC(=O)O.[NaH]. The van der Waals surface area contributed by atoms with Crippen LogP contribution < -0.4 is 0 Å². The van der Waals surface area contributed by atoms with Crippen LogP contribution in [0.3, 0.4) is 0 Å². The zero-order chi connectivity index (χ0) is 3.58. The first-order valence-corrected chi connectivity index (χ1v) is 0.928. The average Bonchev–Trinajstić information content (AvgIpc) is 0.811. The van der Waals surface area contributed by atoms with Crippen LogP contribution in [0, 0.1) is 0 Å². The van der Waals surface area contributed by atoms with E-state index in [1.807, 2.05) is 0 Å². The van der Waals surface area contributed by atoms with Gasteiger partial charge in [0, 0.05) is 6.92 Å². The third-order valence-corrected chi connectivity index (χ3v) is 0. The Morgan fingerprint density at radius 2 is 1.80 bits per heavy atom. The van der Waals surface area contributed by atoms with Crippen molar-refractivity contribution in [3.63, 3.8) is 0 Å². The van der Waals surface area contributed by atoms with Crippen LogP contribution in [0.5, 0.6) is 0 Å². The normalized spacial score (nSPS) is 5.00. The van der Waals surface area contributed by atoms with E-state index in [1.54, 1.807) is 0 Å². The van der Waals surface area contributed by atoms with E-state index >= 15 is 0 Å². The van der Waals surface area contributed by atoms with Gasteiger partial charge in [0.25, 0.3) is 5.97 Å². The Kier molecular flexibility index (Phi) is 8.11. The maximum absolute atomic E-state index is 9.00. The Balaban J connectivity index is 0. The van der Waals surface area contributed by atoms with E-state index in [2.05, 4.69) is 0 Å². The van der Waals surface area contributed by atoms with E-state index < -0.39 is 5.97 Å². The third-order valence-electron chi connectivity index (χ3n) is 0. The molecule has 0 saturated heterocycles. The Morgan fingerprint density at radius 3 is 1.80 bits per heavy atom. The Labute approximate surface area is 52.5 Å². The van der Waals surface area contributed by atoms with Gasteiger partial charge in [-0.25, -0.2) is 0 Å². The van der Waals surface area contributed by atoms with E-state index in [0.29, 0.717) is 0 Å². The summed E-state index contributed by atoms with van der Waals surface area (Å²) in [5.41, 5.74) is 0. The van der Waals surface area contributed by atoms with Gasteiger partial charge in [0.2, 0.25) is 0 Å². The number of carboxylic acids is 1. The van der Waals surface area contributed by atoms with Crippen molar-refractivity contribution >= 4 is 35.5 Å². The van der Waals surface area contributed by atoms with Crippen LogP contribution in [-0.2, 0) is 4.79 Å². The molecule has 1 N–H and O–H groups in total. The molecule has 5 heavy (non-hydrogen) atoms. The molecule has 26 valence electrons. The molecule has 0 aromatic carbocycles. The van der Waals surface area contributed by atoms with Gasteiger partial charge in [0.05, 0.1) is 0 Å². The van der Waals surface area contributed by atoms with Crippen molar-refractivity contribution in [3.8, 4) is 0 Å². The van der Waals surface area contributed by atoms with Crippen LogP contribution in [0.4, 0.5) is 0 Å². The minimum atomic E-state index is -0.833. The van der Waals surface area contributed by atoms with Gasteiger partial charge in [-0.1, -0.05) is 0 Å². The third kappa shape index (κ3) is 123. The standard InChI is InChI=1S/C2H4O2.Na.H/c1-2(3)4;;/h1H3,(H,3,4);;. The molecule has 0 rings (SSSR count). The molecule has 0 amide bonds. The molecule has 2 nitrogen and oxygen atoms in total. The number of rotatable bonds is 0. The molecule has 0 atom stereocenters. The van der Waals surface area contributed by atoms with Gasteiger partial charge >= 0.3 is 29.6 Å². The van der Waals surface area contributed by atoms with E-state index in [9.17, 15) is 0 Å². The zero-order valence-corrected chi connectivity index (χ0v) is 2.36. The van der Waals surface area contributed by atoms with Crippen LogP contribution in [0.2, 0.25) is 0 Å². The van der Waals surface area contributed by atoms with Crippen LogP contribution in [0.15, 0.2) is 0 Å². The topological polar surface area (TPSA) is 37.3 Å².